The van der Waals surface area contributed by atoms with Crippen molar-refractivity contribution >= 4 is 11.8 Å². The van der Waals surface area contributed by atoms with Crippen LogP contribution in [0, 0.1) is 5.82 Å². The second kappa shape index (κ2) is 3.57. The molecule has 13 heavy (non-hydrogen) atoms. The van der Waals surface area contributed by atoms with E-state index in [0.717, 1.165) is 30.0 Å². The number of thioether (sulfide) groups is 1. The fourth-order valence-corrected chi connectivity index (χ4v) is 1.53. The van der Waals surface area contributed by atoms with Crippen molar-refractivity contribution in [1.82, 2.24) is 0 Å². The predicted molar refractivity (Wildman–Crippen MR) is 43.2 cm³/mol. The van der Waals surface area contributed by atoms with Gasteiger partial charge in [-0.15, -0.1) is 11.8 Å². The van der Waals surface area contributed by atoms with Gasteiger partial charge in [0.2, 0.25) is 0 Å². The fourth-order valence-electron chi connectivity index (χ4n) is 0.899. The Bertz CT molecular complexity index is 306. The zero-order valence-corrected chi connectivity index (χ0v) is 7.47. The fraction of sp³-hybridized carbons (Fsp3) is 0.250. The zero-order chi connectivity index (χ0) is 10.1. The Morgan fingerprint density at radius 2 is 1.85 bits per heavy atom. The third-order valence-electron chi connectivity index (χ3n) is 1.47. The lowest BCUT2D eigenvalue weighted by Gasteiger charge is -2.10. The lowest BCUT2D eigenvalue weighted by Crippen LogP contribution is -2.06. The number of hydrogen-bond donors (Lipinski definition) is 0. The Morgan fingerprint density at radius 3 is 2.31 bits per heavy atom. The highest BCUT2D eigenvalue weighted by Crippen LogP contribution is 2.35. The number of hydrogen-bond acceptors (Lipinski definition) is 1. The van der Waals surface area contributed by atoms with Crippen molar-refractivity contribution in [2.75, 3.05) is 6.26 Å². The van der Waals surface area contributed by atoms with Crippen molar-refractivity contribution in [2.24, 2.45) is 0 Å². The standard InChI is InChI=1S/C8H6F4S/c1-13-7-4-5(9)2-3-6(7)8(10,11)12/h2-4H,1H3. The maximum atomic E-state index is 12.5. The quantitative estimate of drug-likeness (QED) is 0.504. The molecule has 1 rings (SSSR count). The lowest BCUT2D eigenvalue weighted by atomic mass is 10.2. The summed E-state index contributed by atoms with van der Waals surface area (Å²) < 4.78 is 49.2. The van der Waals surface area contributed by atoms with Crippen molar-refractivity contribution in [1.29, 1.82) is 0 Å². The van der Waals surface area contributed by atoms with Gasteiger partial charge >= 0.3 is 6.18 Å². The van der Waals surface area contributed by atoms with E-state index in [2.05, 4.69) is 0 Å². The van der Waals surface area contributed by atoms with Crippen LogP contribution in [-0.2, 0) is 6.18 Å². The second-order valence-corrected chi connectivity index (χ2v) is 3.19. The largest absolute Gasteiger partial charge is 0.417 e. The molecule has 0 aliphatic heterocycles. The molecule has 0 atom stereocenters. The average Bonchev–Trinajstić information content (AvgIpc) is 2.01. The first-order chi connectivity index (χ1) is 5.95. The highest BCUT2D eigenvalue weighted by molar-refractivity contribution is 7.98. The van der Waals surface area contributed by atoms with E-state index in [1.165, 1.54) is 6.26 Å². The van der Waals surface area contributed by atoms with Gasteiger partial charge < -0.3 is 0 Å². The van der Waals surface area contributed by atoms with Crippen LogP contribution in [0.25, 0.3) is 0 Å². The van der Waals surface area contributed by atoms with E-state index in [1.54, 1.807) is 0 Å². The summed E-state index contributed by atoms with van der Waals surface area (Å²) >= 11 is 0.876. The van der Waals surface area contributed by atoms with Crippen LogP contribution in [0.3, 0.4) is 0 Å². The first-order valence-electron chi connectivity index (χ1n) is 3.36. The maximum Gasteiger partial charge on any atom is 0.417 e. The summed E-state index contributed by atoms with van der Waals surface area (Å²) in [4.78, 5) is -0.0903. The molecule has 0 unspecified atom stereocenters. The van der Waals surface area contributed by atoms with Gasteiger partial charge in [-0.1, -0.05) is 0 Å². The minimum Gasteiger partial charge on any atom is -0.207 e. The van der Waals surface area contributed by atoms with Crippen LogP contribution in [0.1, 0.15) is 5.56 Å². The molecule has 0 N–H and O–H groups in total. The average molecular weight is 210 g/mol. The van der Waals surface area contributed by atoms with Crippen LogP contribution in [0.15, 0.2) is 23.1 Å². The highest BCUT2D eigenvalue weighted by Gasteiger charge is 2.33. The summed E-state index contributed by atoms with van der Waals surface area (Å²) in [6, 6.07) is 2.44. The van der Waals surface area contributed by atoms with Crippen LogP contribution in [0.2, 0.25) is 0 Å². The normalized spacial score (nSPS) is 11.8. The van der Waals surface area contributed by atoms with E-state index < -0.39 is 17.6 Å². The van der Waals surface area contributed by atoms with Gasteiger partial charge in [-0.2, -0.15) is 13.2 Å². The Morgan fingerprint density at radius 1 is 1.23 bits per heavy atom. The summed E-state index contributed by atoms with van der Waals surface area (Å²) in [7, 11) is 0. The molecule has 1 aromatic rings. The lowest BCUT2D eigenvalue weighted by molar-refractivity contribution is -0.139. The molecular formula is C8H6F4S. The van der Waals surface area contributed by atoms with Gasteiger partial charge in [0.25, 0.3) is 0 Å². The molecule has 0 amide bonds. The van der Waals surface area contributed by atoms with Gasteiger partial charge in [-0.3, -0.25) is 0 Å². The Hall–Kier alpha value is -0.710. The SMILES string of the molecule is CSc1cc(F)ccc1C(F)(F)F. The smallest absolute Gasteiger partial charge is 0.207 e. The van der Waals surface area contributed by atoms with E-state index in [-0.39, 0.29) is 4.90 Å². The van der Waals surface area contributed by atoms with Crippen LogP contribution in [0.4, 0.5) is 17.6 Å². The van der Waals surface area contributed by atoms with Gasteiger partial charge in [0.1, 0.15) is 5.82 Å². The Balaban J connectivity index is 3.22. The minimum atomic E-state index is -4.41. The van der Waals surface area contributed by atoms with Crippen molar-refractivity contribution in [2.45, 2.75) is 11.1 Å². The second-order valence-electron chi connectivity index (χ2n) is 2.34. The molecule has 5 heteroatoms. The van der Waals surface area contributed by atoms with Crippen molar-refractivity contribution in [3.63, 3.8) is 0 Å². The van der Waals surface area contributed by atoms with Crippen LogP contribution in [-0.4, -0.2) is 6.26 Å². The van der Waals surface area contributed by atoms with E-state index in [1.807, 2.05) is 0 Å². The highest BCUT2D eigenvalue weighted by atomic mass is 32.2. The molecule has 0 spiro atoms. The van der Waals surface area contributed by atoms with E-state index in [0.29, 0.717) is 0 Å². The molecule has 0 aromatic heterocycles. The van der Waals surface area contributed by atoms with Gasteiger partial charge in [-0.05, 0) is 24.5 Å². The first-order valence-corrected chi connectivity index (χ1v) is 4.58. The number of rotatable bonds is 1. The van der Waals surface area contributed by atoms with Crippen LogP contribution in [0.5, 0.6) is 0 Å². The summed E-state index contributed by atoms with van der Waals surface area (Å²) in [6.07, 6.45) is -2.93. The molecule has 0 aliphatic rings. The molecule has 72 valence electrons. The van der Waals surface area contributed by atoms with Crippen LogP contribution >= 0.6 is 11.8 Å². The van der Waals surface area contributed by atoms with E-state index in [4.69, 9.17) is 0 Å². The Labute approximate surface area is 76.9 Å². The topological polar surface area (TPSA) is 0 Å². The summed E-state index contributed by atoms with van der Waals surface area (Å²) in [5, 5.41) is 0. The zero-order valence-electron chi connectivity index (χ0n) is 6.65. The van der Waals surface area contributed by atoms with Gasteiger partial charge in [0.15, 0.2) is 0 Å². The molecule has 1 aromatic carbocycles. The van der Waals surface area contributed by atoms with Gasteiger partial charge in [0, 0.05) is 4.90 Å². The van der Waals surface area contributed by atoms with Crippen molar-refractivity contribution < 1.29 is 17.6 Å². The number of alkyl halides is 3. The molecule has 0 nitrogen and oxygen atoms in total. The predicted octanol–water partition coefficient (Wildman–Crippen LogP) is 3.57. The molecule has 0 saturated carbocycles. The third kappa shape index (κ3) is 2.37. The minimum absolute atomic E-state index is 0.0903. The Kier molecular flexibility index (Phi) is 2.85. The number of halogens is 4. The summed E-state index contributed by atoms with van der Waals surface area (Å²) in [5.41, 5.74) is -0.790. The third-order valence-corrected chi connectivity index (χ3v) is 2.25. The van der Waals surface area contributed by atoms with E-state index in [9.17, 15) is 17.6 Å². The van der Waals surface area contributed by atoms with Gasteiger partial charge in [0.05, 0.1) is 5.56 Å². The summed E-state index contributed by atoms with van der Waals surface area (Å²) in [6.45, 7) is 0. The maximum absolute atomic E-state index is 12.5. The molecule has 0 saturated heterocycles. The molecule has 0 aliphatic carbocycles. The molecule has 0 bridgehead atoms. The molecule has 0 heterocycles. The molecular weight excluding hydrogens is 204 g/mol. The monoisotopic (exact) mass is 210 g/mol. The molecule has 0 fully saturated rings. The van der Waals surface area contributed by atoms with E-state index >= 15 is 0 Å². The van der Waals surface area contributed by atoms with Crippen molar-refractivity contribution in [3.05, 3.63) is 29.6 Å². The first kappa shape index (κ1) is 10.4. The van der Waals surface area contributed by atoms with Crippen molar-refractivity contribution in [3.8, 4) is 0 Å². The van der Waals surface area contributed by atoms with Gasteiger partial charge in [-0.25, -0.2) is 4.39 Å². The number of benzene rings is 1. The van der Waals surface area contributed by atoms with Crippen LogP contribution < -0.4 is 0 Å². The summed E-state index contributed by atoms with van der Waals surface area (Å²) in [5.74, 6) is -0.655. The molecule has 0 radical (unpaired) electrons.